The third-order valence-corrected chi connectivity index (χ3v) is 4.92. The van der Waals surface area contributed by atoms with Gasteiger partial charge in [-0.25, -0.2) is 0 Å². The van der Waals surface area contributed by atoms with Crippen LogP contribution in [0.25, 0.3) is 0 Å². The van der Waals surface area contributed by atoms with Crippen molar-refractivity contribution < 1.29 is 9.59 Å². The summed E-state index contributed by atoms with van der Waals surface area (Å²) in [5.41, 5.74) is 0. The first-order valence-corrected chi connectivity index (χ1v) is 8.67. The van der Waals surface area contributed by atoms with Gasteiger partial charge >= 0.3 is 0 Å². The fraction of sp³-hybridized carbons (Fsp3) is 0.625. The van der Waals surface area contributed by atoms with Gasteiger partial charge in [0, 0.05) is 6.54 Å². The molecule has 0 bridgehead atoms. The highest BCUT2D eigenvalue weighted by Gasteiger charge is 2.17. The minimum absolute atomic E-state index is 0.105. The third kappa shape index (κ3) is 5.16. The first-order valence-electron chi connectivity index (χ1n) is 7.79. The van der Waals surface area contributed by atoms with Gasteiger partial charge in [-0.3, -0.25) is 9.59 Å². The second-order valence-corrected chi connectivity index (χ2v) is 6.70. The van der Waals surface area contributed by atoms with Gasteiger partial charge in [0.2, 0.25) is 5.91 Å². The lowest BCUT2D eigenvalue weighted by Gasteiger charge is -2.14. The summed E-state index contributed by atoms with van der Waals surface area (Å²) in [5, 5.41) is 7.48. The van der Waals surface area contributed by atoms with E-state index in [1.165, 1.54) is 43.4 Å². The number of hydrogen-bond acceptors (Lipinski definition) is 3. The van der Waals surface area contributed by atoms with Crippen LogP contribution in [0.1, 0.15) is 55.1 Å². The molecule has 4 nitrogen and oxygen atoms in total. The van der Waals surface area contributed by atoms with Crippen LogP contribution in [-0.4, -0.2) is 24.4 Å². The number of nitrogens with one attached hydrogen (secondary N) is 2. The summed E-state index contributed by atoms with van der Waals surface area (Å²) in [6.07, 6.45) is 7.66. The van der Waals surface area contributed by atoms with Gasteiger partial charge < -0.3 is 10.6 Å². The Bertz CT molecular complexity index is 453. The van der Waals surface area contributed by atoms with E-state index < -0.39 is 6.04 Å². The van der Waals surface area contributed by atoms with Crippen molar-refractivity contribution in [1.29, 1.82) is 0 Å². The average molecular weight is 308 g/mol. The van der Waals surface area contributed by atoms with Crippen LogP contribution in [0.4, 0.5) is 0 Å². The summed E-state index contributed by atoms with van der Waals surface area (Å²) in [6, 6.07) is 3.09. The van der Waals surface area contributed by atoms with Crippen molar-refractivity contribution in [2.75, 3.05) is 6.54 Å². The largest absolute Gasteiger partial charge is 0.354 e. The van der Waals surface area contributed by atoms with Crippen LogP contribution in [0.5, 0.6) is 0 Å². The second-order valence-electron chi connectivity index (χ2n) is 5.76. The predicted molar refractivity (Wildman–Crippen MR) is 85.4 cm³/mol. The molecule has 21 heavy (non-hydrogen) atoms. The predicted octanol–water partition coefficient (Wildman–Crippen LogP) is 2.95. The fourth-order valence-electron chi connectivity index (χ4n) is 2.80. The summed E-state index contributed by atoms with van der Waals surface area (Å²) in [7, 11) is 0. The molecule has 1 aromatic rings. The minimum Gasteiger partial charge on any atom is -0.354 e. The standard InChI is InChI=1S/C16H24N2O2S/c1-12(18-16(20)14-9-5-11-21-14)15(19)17-10-4-8-13-6-2-3-7-13/h5,9,11-13H,2-4,6-8,10H2,1H3,(H,17,19)(H,18,20). The molecule has 1 unspecified atom stereocenters. The maximum Gasteiger partial charge on any atom is 0.261 e. The Hall–Kier alpha value is -1.36. The van der Waals surface area contributed by atoms with E-state index in [0.29, 0.717) is 11.4 Å². The van der Waals surface area contributed by atoms with Gasteiger partial charge in [-0.15, -0.1) is 11.3 Å². The van der Waals surface area contributed by atoms with Gasteiger partial charge in [0.15, 0.2) is 0 Å². The van der Waals surface area contributed by atoms with Crippen LogP contribution in [0.15, 0.2) is 17.5 Å². The maximum atomic E-state index is 11.9. The van der Waals surface area contributed by atoms with E-state index in [4.69, 9.17) is 0 Å². The summed E-state index contributed by atoms with van der Waals surface area (Å²) >= 11 is 1.38. The van der Waals surface area contributed by atoms with Crippen LogP contribution in [0.2, 0.25) is 0 Å². The minimum atomic E-state index is -0.494. The van der Waals surface area contributed by atoms with Crippen LogP contribution in [0, 0.1) is 5.92 Å². The van der Waals surface area contributed by atoms with E-state index >= 15 is 0 Å². The van der Waals surface area contributed by atoms with Crippen molar-refractivity contribution in [2.24, 2.45) is 5.92 Å². The fourth-order valence-corrected chi connectivity index (χ4v) is 3.42. The van der Waals surface area contributed by atoms with Crippen LogP contribution < -0.4 is 10.6 Å². The Morgan fingerprint density at radius 2 is 2.14 bits per heavy atom. The van der Waals surface area contributed by atoms with Crippen LogP contribution in [0.3, 0.4) is 0 Å². The van der Waals surface area contributed by atoms with Gasteiger partial charge in [0.25, 0.3) is 5.91 Å². The van der Waals surface area contributed by atoms with E-state index in [9.17, 15) is 9.59 Å². The molecule has 116 valence electrons. The van der Waals surface area contributed by atoms with Crippen molar-refractivity contribution in [3.05, 3.63) is 22.4 Å². The summed E-state index contributed by atoms with van der Waals surface area (Å²) < 4.78 is 0. The molecule has 1 aliphatic rings. The van der Waals surface area contributed by atoms with Crippen molar-refractivity contribution >= 4 is 23.2 Å². The smallest absolute Gasteiger partial charge is 0.261 e. The molecule has 1 aromatic heterocycles. The Kier molecular flexibility index (Phi) is 6.23. The Morgan fingerprint density at radius 3 is 2.81 bits per heavy atom. The Labute approximate surface area is 130 Å². The second kappa shape index (κ2) is 8.17. The zero-order valence-electron chi connectivity index (χ0n) is 12.6. The first kappa shape index (κ1) is 16.0. The molecule has 0 spiro atoms. The summed E-state index contributed by atoms with van der Waals surface area (Å²) in [5.74, 6) is 0.572. The molecular weight excluding hydrogens is 284 g/mol. The zero-order chi connectivity index (χ0) is 15.1. The lowest BCUT2D eigenvalue weighted by molar-refractivity contribution is -0.122. The van der Waals surface area contributed by atoms with E-state index in [1.54, 1.807) is 13.0 Å². The van der Waals surface area contributed by atoms with Crippen molar-refractivity contribution in [1.82, 2.24) is 10.6 Å². The molecule has 1 aliphatic carbocycles. The monoisotopic (exact) mass is 308 g/mol. The molecule has 2 rings (SSSR count). The highest BCUT2D eigenvalue weighted by molar-refractivity contribution is 7.12. The van der Waals surface area contributed by atoms with Gasteiger partial charge in [-0.2, -0.15) is 0 Å². The lowest BCUT2D eigenvalue weighted by atomic mass is 10.0. The van der Waals surface area contributed by atoms with E-state index in [2.05, 4.69) is 10.6 Å². The molecule has 0 radical (unpaired) electrons. The molecule has 1 saturated carbocycles. The Morgan fingerprint density at radius 1 is 1.38 bits per heavy atom. The number of rotatable bonds is 7. The van der Waals surface area contributed by atoms with Crippen LogP contribution >= 0.6 is 11.3 Å². The number of carbonyl (C=O) groups is 2. The Balaban J connectivity index is 1.61. The number of hydrogen-bond donors (Lipinski definition) is 2. The van der Waals surface area contributed by atoms with Crippen molar-refractivity contribution in [3.8, 4) is 0 Å². The molecule has 1 heterocycles. The molecule has 2 N–H and O–H groups in total. The third-order valence-electron chi connectivity index (χ3n) is 4.05. The molecular formula is C16H24N2O2S. The SMILES string of the molecule is CC(NC(=O)c1cccs1)C(=O)NCCCC1CCCC1. The van der Waals surface area contributed by atoms with Gasteiger partial charge in [-0.05, 0) is 37.1 Å². The first-order chi connectivity index (χ1) is 10.2. The summed E-state index contributed by atoms with van der Waals surface area (Å²) in [6.45, 7) is 2.42. The lowest BCUT2D eigenvalue weighted by Crippen LogP contribution is -2.44. The summed E-state index contributed by atoms with van der Waals surface area (Å²) in [4.78, 5) is 24.4. The maximum absolute atomic E-state index is 11.9. The van der Waals surface area contributed by atoms with E-state index in [1.807, 2.05) is 11.4 Å². The molecule has 0 aromatic carbocycles. The zero-order valence-corrected chi connectivity index (χ0v) is 13.4. The molecule has 0 aliphatic heterocycles. The van der Waals surface area contributed by atoms with Gasteiger partial charge in [0.05, 0.1) is 4.88 Å². The number of thiophene rings is 1. The quantitative estimate of drug-likeness (QED) is 0.761. The number of amides is 2. The average Bonchev–Trinajstić information content (AvgIpc) is 3.15. The van der Waals surface area contributed by atoms with Gasteiger partial charge in [-0.1, -0.05) is 31.7 Å². The topological polar surface area (TPSA) is 58.2 Å². The highest BCUT2D eigenvalue weighted by Crippen LogP contribution is 2.28. The molecule has 2 amide bonds. The van der Waals surface area contributed by atoms with Crippen molar-refractivity contribution in [2.45, 2.75) is 51.5 Å². The highest BCUT2D eigenvalue weighted by atomic mass is 32.1. The molecule has 1 atom stereocenters. The molecule has 1 fully saturated rings. The molecule has 0 saturated heterocycles. The van der Waals surface area contributed by atoms with E-state index in [-0.39, 0.29) is 11.8 Å². The van der Waals surface area contributed by atoms with Crippen molar-refractivity contribution in [3.63, 3.8) is 0 Å². The number of carbonyl (C=O) groups excluding carboxylic acids is 2. The van der Waals surface area contributed by atoms with E-state index in [0.717, 1.165) is 12.3 Å². The van der Waals surface area contributed by atoms with Gasteiger partial charge in [0.1, 0.15) is 6.04 Å². The van der Waals surface area contributed by atoms with Crippen LogP contribution in [-0.2, 0) is 4.79 Å². The molecule has 5 heteroatoms. The normalized spacial score (nSPS) is 16.6.